The number of piperidine rings is 1. The van der Waals surface area contributed by atoms with E-state index in [1.54, 1.807) is 0 Å². The molecule has 0 bridgehead atoms. The number of likely N-dealkylation sites (tertiary alicyclic amines) is 1. The van der Waals surface area contributed by atoms with Crippen LogP contribution in [-0.4, -0.2) is 81.3 Å². The van der Waals surface area contributed by atoms with E-state index in [1.807, 2.05) is 13.0 Å². The van der Waals surface area contributed by atoms with E-state index >= 15 is 0 Å². The number of methoxy groups -OCH3 is 1. The predicted molar refractivity (Wildman–Crippen MR) is 126 cm³/mol. The Hall–Kier alpha value is -1.33. The SMILES string of the molecule is CCNC(=NCC(c1ccc(C)o1)N1CCOCC1)N1CCC(C(=O)OC)CC1.I. The first-order chi connectivity index (χ1) is 14.1. The van der Waals surface area contributed by atoms with Gasteiger partial charge in [-0.2, -0.15) is 0 Å². The van der Waals surface area contributed by atoms with Crippen LogP contribution in [0.4, 0.5) is 0 Å². The van der Waals surface area contributed by atoms with Gasteiger partial charge in [0.2, 0.25) is 0 Å². The van der Waals surface area contributed by atoms with Crippen LogP contribution in [0.1, 0.15) is 37.3 Å². The fourth-order valence-electron chi connectivity index (χ4n) is 4.00. The quantitative estimate of drug-likeness (QED) is 0.260. The van der Waals surface area contributed by atoms with Gasteiger partial charge in [-0.15, -0.1) is 24.0 Å². The monoisotopic (exact) mass is 534 g/mol. The number of aliphatic imine (C=N–C) groups is 1. The van der Waals surface area contributed by atoms with Crippen molar-refractivity contribution < 1.29 is 18.7 Å². The number of halogens is 1. The van der Waals surface area contributed by atoms with Crippen molar-refractivity contribution in [2.75, 3.05) is 59.6 Å². The Morgan fingerprint density at radius 3 is 2.53 bits per heavy atom. The lowest BCUT2D eigenvalue weighted by molar-refractivity contribution is -0.146. The minimum Gasteiger partial charge on any atom is -0.469 e. The first-order valence-corrected chi connectivity index (χ1v) is 10.6. The lowest BCUT2D eigenvalue weighted by atomic mass is 9.97. The van der Waals surface area contributed by atoms with Crippen molar-refractivity contribution in [2.24, 2.45) is 10.9 Å². The van der Waals surface area contributed by atoms with Gasteiger partial charge in [0.1, 0.15) is 11.5 Å². The topological polar surface area (TPSA) is 79.5 Å². The van der Waals surface area contributed by atoms with E-state index in [1.165, 1.54) is 7.11 Å². The molecule has 1 aromatic heterocycles. The Morgan fingerprint density at radius 2 is 1.97 bits per heavy atom. The van der Waals surface area contributed by atoms with Gasteiger partial charge in [-0.05, 0) is 38.8 Å². The zero-order chi connectivity index (χ0) is 20.6. The van der Waals surface area contributed by atoms with Gasteiger partial charge < -0.3 is 24.1 Å². The molecule has 170 valence electrons. The molecule has 0 saturated carbocycles. The fraction of sp³-hybridized carbons (Fsp3) is 0.714. The Bertz CT molecular complexity index is 682. The van der Waals surface area contributed by atoms with Crippen molar-refractivity contribution >= 4 is 35.9 Å². The zero-order valence-electron chi connectivity index (χ0n) is 18.3. The molecule has 0 amide bonds. The third-order valence-corrected chi connectivity index (χ3v) is 5.65. The number of carbonyl (C=O) groups is 1. The first-order valence-electron chi connectivity index (χ1n) is 10.6. The number of nitrogens with zero attached hydrogens (tertiary/aromatic N) is 3. The molecule has 3 rings (SSSR count). The molecule has 30 heavy (non-hydrogen) atoms. The maximum atomic E-state index is 11.8. The molecular weight excluding hydrogens is 499 g/mol. The first kappa shape index (κ1) is 24.9. The number of nitrogens with one attached hydrogen (secondary N) is 1. The van der Waals surface area contributed by atoms with Gasteiger partial charge in [-0.25, -0.2) is 0 Å². The average Bonchev–Trinajstić information content (AvgIpc) is 3.19. The van der Waals surface area contributed by atoms with Crippen LogP contribution in [0.15, 0.2) is 21.5 Å². The number of morpholine rings is 1. The van der Waals surface area contributed by atoms with E-state index in [2.05, 4.69) is 28.1 Å². The molecule has 1 N–H and O–H groups in total. The summed E-state index contributed by atoms with van der Waals surface area (Å²) in [4.78, 5) is 21.4. The number of hydrogen-bond acceptors (Lipinski definition) is 6. The van der Waals surface area contributed by atoms with Gasteiger partial charge in [0.05, 0.1) is 38.8 Å². The van der Waals surface area contributed by atoms with Gasteiger partial charge >= 0.3 is 5.97 Å². The van der Waals surface area contributed by atoms with Crippen molar-refractivity contribution in [2.45, 2.75) is 32.7 Å². The number of ether oxygens (including phenoxy) is 2. The normalized spacial score (nSPS) is 19.8. The van der Waals surface area contributed by atoms with E-state index in [9.17, 15) is 4.79 Å². The molecule has 1 atom stereocenters. The Labute approximate surface area is 196 Å². The van der Waals surface area contributed by atoms with Crippen LogP contribution in [0.5, 0.6) is 0 Å². The second-order valence-corrected chi connectivity index (χ2v) is 7.59. The second kappa shape index (κ2) is 12.5. The summed E-state index contributed by atoms with van der Waals surface area (Å²) in [6.45, 7) is 10.3. The van der Waals surface area contributed by atoms with Crippen LogP contribution in [-0.2, 0) is 14.3 Å². The molecule has 2 aliphatic heterocycles. The van der Waals surface area contributed by atoms with Gasteiger partial charge in [-0.1, -0.05) is 0 Å². The van der Waals surface area contributed by atoms with Crippen LogP contribution >= 0.6 is 24.0 Å². The summed E-state index contributed by atoms with van der Waals surface area (Å²) in [7, 11) is 1.46. The molecule has 9 heteroatoms. The summed E-state index contributed by atoms with van der Waals surface area (Å²) in [5.74, 6) is 2.66. The third-order valence-electron chi connectivity index (χ3n) is 5.65. The summed E-state index contributed by atoms with van der Waals surface area (Å²) in [6, 6.07) is 4.16. The third kappa shape index (κ3) is 6.58. The summed E-state index contributed by atoms with van der Waals surface area (Å²) in [5.41, 5.74) is 0. The molecule has 8 nitrogen and oxygen atoms in total. The molecule has 0 spiro atoms. The van der Waals surface area contributed by atoms with Crippen molar-refractivity contribution in [3.05, 3.63) is 23.7 Å². The molecule has 2 saturated heterocycles. The number of esters is 1. The molecule has 0 aromatic carbocycles. The predicted octanol–water partition coefficient (Wildman–Crippen LogP) is 2.43. The number of carbonyl (C=O) groups excluding carboxylic acids is 1. The Balaban J connectivity index is 0.00000320. The van der Waals surface area contributed by atoms with E-state index in [-0.39, 0.29) is 41.9 Å². The molecule has 1 unspecified atom stereocenters. The van der Waals surface area contributed by atoms with Crippen molar-refractivity contribution in [1.82, 2.24) is 15.1 Å². The van der Waals surface area contributed by atoms with Crippen LogP contribution in [0.25, 0.3) is 0 Å². The maximum Gasteiger partial charge on any atom is 0.308 e. The van der Waals surface area contributed by atoms with E-state index < -0.39 is 0 Å². The van der Waals surface area contributed by atoms with E-state index in [0.29, 0.717) is 6.54 Å². The second-order valence-electron chi connectivity index (χ2n) is 7.59. The van der Waals surface area contributed by atoms with E-state index in [0.717, 1.165) is 76.3 Å². The largest absolute Gasteiger partial charge is 0.469 e. The highest BCUT2D eigenvalue weighted by Crippen LogP contribution is 2.25. The summed E-state index contributed by atoms with van der Waals surface area (Å²) in [5, 5.41) is 3.41. The highest BCUT2D eigenvalue weighted by molar-refractivity contribution is 14.0. The van der Waals surface area contributed by atoms with Crippen LogP contribution < -0.4 is 5.32 Å². The van der Waals surface area contributed by atoms with E-state index in [4.69, 9.17) is 18.9 Å². The number of hydrogen-bond donors (Lipinski definition) is 1. The Kier molecular flexibility index (Phi) is 10.4. The van der Waals surface area contributed by atoms with Crippen molar-refractivity contribution in [1.29, 1.82) is 0 Å². The molecule has 0 radical (unpaired) electrons. The number of rotatable bonds is 6. The van der Waals surface area contributed by atoms with Gasteiger partial charge in [0, 0.05) is 32.7 Å². The molecule has 2 aliphatic rings. The number of furan rings is 1. The minimum absolute atomic E-state index is 0. The van der Waals surface area contributed by atoms with Gasteiger partial charge in [-0.3, -0.25) is 14.7 Å². The smallest absolute Gasteiger partial charge is 0.308 e. The summed E-state index contributed by atoms with van der Waals surface area (Å²) in [6.07, 6.45) is 1.59. The van der Waals surface area contributed by atoms with Crippen LogP contribution in [0.2, 0.25) is 0 Å². The molecule has 3 heterocycles. The molecular formula is C21H35IN4O4. The summed E-state index contributed by atoms with van der Waals surface area (Å²) >= 11 is 0. The number of guanidine groups is 1. The van der Waals surface area contributed by atoms with Crippen LogP contribution in [0, 0.1) is 12.8 Å². The standard InChI is InChI=1S/C21H34N4O4.HI/c1-4-22-21(25-9-7-17(8-10-25)20(26)27-3)23-15-18(19-6-5-16(2)29-19)24-11-13-28-14-12-24;/h5-6,17-18H,4,7-15H2,1-3H3,(H,22,23);1H. The van der Waals surface area contributed by atoms with Gasteiger partial charge in [0.25, 0.3) is 0 Å². The maximum absolute atomic E-state index is 11.8. The average molecular weight is 534 g/mol. The highest BCUT2D eigenvalue weighted by atomic mass is 127. The van der Waals surface area contributed by atoms with Gasteiger partial charge in [0.15, 0.2) is 5.96 Å². The zero-order valence-corrected chi connectivity index (χ0v) is 20.6. The summed E-state index contributed by atoms with van der Waals surface area (Å²) < 4.78 is 16.4. The number of aryl methyl sites for hydroxylation is 1. The fourth-order valence-corrected chi connectivity index (χ4v) is 4.00. The lowest BCUT2D eigenvalue weighted by Crippen LogP contribution is -2.47. The van der Waals surface area contributed by atoms with Crippen molar-refractivity contribution in [3.8, 4) is 0 Å². The minimum atomic E-state index is -0.104. The van der Waals surface area contributed by atoms with Crippen LogP contribution in [0.3, 0.4) is 0 Å². The lowest BCUT2D eigenvalue weighted by Gasteiger charge is -2.35. The molecule has 2 fully saturated rings. The Morgan fingerprint density at radius 1 is 1.27 bits per heavy atom. The van der Waals surface area contributed by atoms with Crippen molar-refractivity contribution in [3.63, 3.8) is 0 Å². The molecule has 0 aliphatic carbocycles. The highest BCUT2D eigenvalue weighted by Gasteiger charge is 2.28. The molecule has 1 aromatic rings.